The summed E-state index contributed by atoms with van der Waals surface area (Å²) in [5.74, 6) is 0.710. The average Bonchev–Trinajstić information content (AvgIpc) is 2.64. The van der Waals surface area contributed by atoms with E-state index in [1.165, 1.54) is 30.3 Å². The predicted octanol–water partition coefficient (Wildman–Crippen LogP) is 4.53. The maximum atomic E-state index is 12.8. The third kappa shape index (κ3) is 3.57. The number of aryl methyl sites for hydroxylation is 1. The van der Waals surface area contributed by atoms with Gasteiger partial charge in [0.1, 0.15) is 11.5 Å². The SMILES string of the molecule is Cc1ccc(Oc2ccc([N+](=O)[O-])cc2)cc1S(=O)(=O)c1ccccc1. The highest BCUT2D eigenvalue weighted by Crippen LogP contribution is 2.30. The summed E-state index contributed by atoms with van der Waals surface area (Å²) < 4.78 is 31.3. The molecule has 0 unspecified atom stereocenters. The highest BCUT2D eigenvalue weighted by atomic mass is 32.2. The van der Waals surface area contributed by atoms with Crippen LogP contribution in [0, 0.1) is 17.0 Å². The van der Waals surface area contributed by atoms with E-state index < -0.39 is 14.8 Å². The Morgan fingerprint density at radius 2 is 1.50 bits per heavy atom. The van der Waals surface area contributed by atoms with Gasteiger partial charge in [0.05, 0.1) is 14.7 Å². The second-order valence-corrected chi connectivity index (χ2v) is 7.51. The number of nitrogens with zero attached hydrogens (tertiary/aromatic N) is 1. The molecule has 7 heteroatoms. The molecule has 132 valence electrons. The van der Waals surface area contributed by atoms with E-state index in [1.807, 2.05) is 0 Å². The lowest BCUT2D eigenvalue weighted by molar-refractivity contribution is -0.384. The quantitative estimate of drug-likeness (QED) is 0.487. The van der Waals surface area contributed by atoms with E-state index in [4.69, 9.17) is 4.74 Å². The Morgan fingerprint density at radius 3 is 2.12 bits per heavy atom. The van der Waals surface area contributed by atoms with Crippen molar-refractivity contribution < 1.29 is 18.1 Å². The highest BCUT2D eigenvalue weighted by Gasteiger charge is 2.20. The smallest absolute Gasteiger partial charge is 0.269 e. The average molecular weight is 369 g/mol. The summed E-state index contributed by atoms with van der Waals surface area (Å²) in [7, 11) is -3.67. The number of nitro benzene ring substituents is 1. The molecule has 3 aromatic carbocycles. The molecule has 0 N–H and O–H groups in total. The molecule has 0 bridgehead atoms. The summed E-state index contributed by atoms with van der Waals surface area (Å²) in [6, 6.07) is 18.5. The summed E-state index contributed by atoms with van der Waals surface area (Å²) in [6.45, 7) is 1.71. The van der Waals surface area contributed by atoms with Crippen molar-refractivity contribution in [2.45, 2.75) is 16.7 Å². The molecule has 0 aliphatic carbocycles. The zero-order valence-corrected chi connectivity index (χ0v) is 14.6. The van der Waals surface area contributed by atoms with Crippen LogP contribution in [0.5, 0.6) is 11.5 Å². The summed E-state index contributed by atoms with van der Waals surface area (Å²) in [5.41, 5.74) is 0.554. The van der Waals surface area contributed by atoms with Gasteiger partial charge >= 0.3 is 0 Å². The molecule has 3 aromatic rings. The van der Waals surface area contributed by atoms with Crippen LogP contribution < -0.4 is 4.74 Å². The first kappa shape index (κ1) is 17.6. The second-order valence-electron chi connectivity index (χ2n) is 5.60. The Hall–Kier alpha value is -3.19. The first-order valence-electron chi connectivity index (χ1n) is 7.71. The lowest BCUT2D eigenvalue weighted by Crippen LogP contribution is -2.04. The van der Waals surface area contributed by atoms with E-state index in [0.717, 1.165) is 0 Å². The van der Waals surface area contributed by atoms with E-state index in [2.05, 4.69) is 0 Å². The molecule has 26 heavy (non-hydrogen) atoms. The van der Waals surface area contributed by atoms with Crippen molar-refractivity contribution >= 4 is 15.5 Å². The van der Waals surface area contributed by atoms with Crippen LogP contribution in [-0.4, -0.2) is 13.3 Å². The summed E-state index contributed by atoms with van der Waals surface area (Å²) in [5, 5.41) is 10.7. The van der Waals surface area contributed by atoms with Gasteiger partial charge in [-0.1, -0.05) is 24.3 Å². The Balaban J connectivity index is 1.94. The lowest BCUT2D eigenvalue weighted by atomic mass is 10.2. The summed E-state index contributed by atoms with van der Waals surface area (Å²) in [6.07, 6.45) is 0. The van der Waals surface area contributed by atoms with Crippen LogP contribution in [0.15, 0.2) is 82.6 Å². The van der Waals surface area contributed by atoms with Gasteiger partial charge in [-0.25, -0.2) is 8.42 Å². The molecular formula is C19H15NO5S. The number of sulfone groups is 1. The number of non-ortho nitro benzene ring substituents is 1. The van der Waals surface area contributed by atoms with Crippen LogP contribution in [0.1, 0.15) is 5.56 Å². The van der Waals surface area contributed by atoms with E-state index in [9.17, 15) is 18.5 Å². The molecule has 0 aliphatic rings. The fraction of sp³-hybridized carbons (Fsp3) is 0.0526. The van der Waals surface area contributed by atoms with Crippen LogP contribution in [0.25, 0.3) is 0 Å². The molecule has 0 fully saturated rings. The Morgan fingerprint density at radius 1 is 0.885 bits per heavy atom. The molecule has 6 nitrogen and oxygen atoms in total. The zero-order chi connectivity index (χ0) is 18.7. The van der Waals surface area contributed by atoms with Gasteiger partial charge in [-0.3, -0.25) is 10.1 Å². The van der Waals surface area contributed by atoms with Gasteiger partial charge in [0.25, 0.3) is 5.69 Å². The fourth-order valence-corrected chi connectivity index (χ4v) is 3.96. The van der Waals surface area contributed by atoms with Gasteiger partial charge < -0.3 is 4.74 Å². The van der Waals surface area contributed by atoms with Crippen molar-refractivity contribution in [2.75, 3.05) is 0 Å². The fourth-order valence-electron chi connectivity index (χ4n) is 2.43. The zero-order valence-electron chi connectivity index (χ0n) is 13.8. The maximum Gasteiger partial charge on any atom is 0.269 e. The third-order valence-corrected chi connectivity index (χ3v) is 5.70. The maximum absolute atomic E-state index is 12.8. The Bertz CT molecular complexity index is 1050. The molecule has 0 spiro atoms. The number of benzene rings is 3. The summed E-state index contributed by atoms with van der Waals surface area (Å²) >= 11 is 0. The molecule has 0 saturated heterocycles. The molecule has 3 rings (SSSR count). The molecule has 0 amide bonds. The molecule has 0 saturated carbocycles. The molecular weight excluding hydrogens is 354 g/mol. The normalized spacial score (nSPS) is 11.1. The number of hydrogen-bond donors (Lipinski definition) is 0. The molecule has 0 aliphatic heterocycles. The molecule has 0 aromatic heterocycles. The van der Waals surface area contributed by atoms with Crippen molar-refractivity contribution in [3.8, 4) is 11.5 Å². The molecule has 0 radical (unpaired) electrons. The van der Waals surface area contributed by atoms with Gasteiger partial charge in [-0.05, 0) is 42.8 Å². The van der Waals surface area contributed by atoms with Crippen LogP contribution in [0.2, 0.25) is 0 Å². The van der Waals surface area contributed by atoms with Crippen molar-refractivity contribution in [1.29, 1.82) is 0 Å². The largest absolute Gasteiger partial charge is 0.457 e. The van der Waals surface area contributed by atoms with E-state index in [1.54, 1.807) is 49.4 Å². The minimum atomic E-state index is -3.67. The first-order chi connectivity index (χ1) is 12.4. The molecule has 0 atom stereocenters. The van der Waals surface area contributed by atoms with E-state index in [-0.39, 0.29) is 15.5 Å². The number of hydrogen-bond acceptors (Lipinski definition) is 5. The van der Waals surface area contributed by atoms with Gasteiger partial charge in [0.2, 0.25) is 9.84 Å². The van der Waals surface area contributed by atoms with Gasteiger partial charge in [-0.2, -0.15) is 0 Å². The standard InChI is InChI=1S/C19H15NO5S/c1-14-7-10-17(25-16-11-8-15(9-12-16)20(21)22)13-19(14)26(23,24)18-5-3-2-4-6-18/h2-13H,1H3. The second kappa shape index (κ2) is 6.97. The molecule has 0 heterocycles. The van der Waals surface area contributed by atoms with Crippen LogP contribution >= 0.6 is 0 Å². The number of nitro groups is 1. The topological polar surface area (TPSA) is 86.5 Å². The number of ether oxygens (including phenoxy) is 1. The van der Waals surface area contributed by atoms with E-state index >= 15 is 0 Å². The van der Waals surface area contributed by atoms with Crippen molar-refractivity contribution in [3.63, 3.8) is 0 Å². The number of rotatable bonds is 5. The Labute approximate surface area is 150 Å². The van der Waals surface area contributed by atoms with Crippen molar-refractivity contribution in [2.24, 2.45) is 0 Å². The van der Waals surface area contributed by atoms with Gasteiger partial charge in [-0.15, -0.1) is 0 Å². The summed E-state index contributed by atoms with van der Waals surface area (Å²) in [4.78, 5) is 10.6. The predicted molar refractivity (Wildman–Crippen MR) is 96.2 cm³/mol. The van der Waals surface area contributed by atoms with Crippen molar-refractivity contribution in [3.05, 3.63) is 88.5 Å². The van der Waals surface area contributed by atoms with E-state index in [0.29, 0.717) is 17.1 Å². The highest BCUT2D eigenvalue weighted by molar-refractivity contribution is 7.91. The van der Waals surface area contributed by atoms with Gasteiger partial charge in [0, 0.05) is 18.2 Å². The minimum absolute atomic E-state index is 0.0476. The van der Waals surface area contributed by atoms with Crippen LogP contribution in [0.4, 0.5) is 5.69 Å². The minimum Gasteiger partial charge on any atom is -0.457 e. The monoisotopic (exact) mass is 369 g/mol. The van der Waals surface area contributed by atoms with Crippen LogP contribution in [0.3, 0.4) is 0 Å². The van der Waals surface area contributed by atoms with Crippen LogP contribution in [-0.2, 0) is 9.84 Å². The van der Waals surface area contributed by atoms with Crippen molar-refractivity contribution in [1.82, 2.24) is 0 Å². The first-order valence-corrected chi connectivity index (χ1v) is 9.19. The lowest BCUT2D eigenvalue weighted by Gasteiger charge is -2.11. The Kier molecular flexibility index (Phi) is 4.73. The third-order valence-electron chi connectivity index (χ3n) is 3.79. The van der Waals surface area contributed by atoms with Gasteiger partial charge in [0.15, 0.2) is 0 Å².